The Morgan fingerprint density at radius 1 is 1.14 bits per heavy atom. The zero-order chi connectivity index (χ0) is 19.3. The van der Waals surface area contributed by atoms with Crippen molar-refractivity contribution in [2.24, 2.45) is 0 Å². The van der Waals surface area contributed by atoms with Crippen LogP contribution < -0.4 is 19.7 Å². The van der Waals surface area contributed by atoms with Gasteiger partial charge < -0.3 is 19.7 Å². The van der Waals surface area contributed by atoms with E-state index in [1.807, 2.05) is 25.1 Å². The molecule has 1 saturated heterocycles. The number of carbonyl (C=O) groups excluding carboxylic acids is 1. The van der Waals surface area contributed by atoms with Gasteiger partial charge in [-0.05, 0) is 24.6 Å². The van der Waals surface area contributed by atoms with Crippen LogP contribution in [0.5, 0.6) is 11.5 Å². The molecule has 0 bridgehead atoms. The van der Waals surface area contributed by atoms with Crippen LogP contribution in [0.3, 0.4) is 0 Å². The number of amides is 1. The summed E-state index contributed by atoms with van der Waals surface area (Å²) >= 11 is 0. The first-order chi connectivity index (χ1) is 13.7. The van der Waals surface area contributed by atoms with Gasteiger partial charge in [0.05, 0.1) is 18.8 Å². The summed E-state index contributed by atoms with van der Waals surface area (Å²) in [6.45, 7) is 6.82. The molecule has 0 spiro atoms. The zero-order valence-electron chi connectivity index (χ0n) is 16.0. The Morgan fingerprint density at radius 3 is 2.68 bits per heavy atom. The van der Waals surface area contributed by atoms with Gasteiger partial charge in [0.1, 0.15) is 19.0 Å². The monoisotopic (exact) mass is 383 g/mol. The van der Waals surface area contributed by atoms with Crippen LogP contribution in [-0.4, -0.2) is 66.7 Å². The lowest BCUT2D eigenvalue weighted by Gasteiger charge is -2.34. The summed E-state index contributed by atoms with van der Waals surface area (Å²) in [5.41, 5.74) is 1.00. The quantitative estimate of drug-likeness (QED) is 0.832. The van der Waals surface area contributed by atoms with Crippen LogP contribution in [0.25, 0.3) is 0 Å². The van der Waals surface area contributed by atoms with Crippen molar-refractivity contribution in [3.63, 3.8) is 0 Å². The molecule has 3 heterocycles. The number of ether oxygens (including phenoxy) is 2. The third kappa shape index (κ3) is 4.33. The summed E-state index contributed by atoms with van der Waals surface area (Å²) in [6, 6.07) is 5.72. The molecule has 0 aliphatic carbocycles. The number of piperazine rings is 1. The summed E-state index contributed by atoms with van der Waals surface area (Å²) in [5, 5.41) is 3.08. The van der Waals surface area contributed by atoms with Crippen LogP contribution >= 0.6 is 0 Å². The largest absolute Gasteiger partial charge is 0.486 e. The molecule has 0 saturated carbocycles. The fraction of sp³-hybridized carbons (Fsp3) is 0.450. The smallest absolute Gasteiger partial charge is 0.234 e. The maximum absolute atomic E-state index is 12.5. The lowest BCUT2D eigenvalue weighted by molar-refractivity contribution is -0.123. The fourth-order valence-corrected chi connectivity index (χ4v) is 3.49. The molecule has 1 aromatic heterocycles. The first-order valence-corrected chi connectivity index (χ1v) is 9.61. The average Bonchev–Trinajstić information content (AvgIpc) is 2.74. The third-order valence-corrected chi connectivity index (χ3v) is 5.06. The highest BCUT2D eigenvalue weighted by Gasteiger charge is 2.21. The number of nitrogens with one attached hydrogen (secondary N) is 1. The molecule has 1 unspecified atom stereocenters. The molecule has 2 aliphatic heterocycles. The predicted molar refractivity (Wildman–Crippen MR) is 105 cm³/mol. The van der Waals surface area contributed by atoms with E-state index in [1.54, 1.807) is 18.6 Å². The molecule has 1 amide bonds. The number of benzene rings is 1. The molecular formula is C20H25N5O3. The molecule has 2 aromatic rings. The Bertz CT molecular complexity index is 809. The lowest BCUT2D eigenvalue weighted by Crippen LogP contribution is -2.50. The molecule has 4 rings (SSSR count). The number of anilines is 1. The third-order valence-electron chi connectivity index (χ3n) is 5.06. The standard InChI is InChI=1S/C20H25N5O3/c1-15(16-2-3-17-18(12-16)28-11-10-27-17)23-20(26)14-24-6-8-25(9-7-24)19-13-21-4-5-22-19/h2-5,12-13,15H,6-11,14H2,1H3,(H,23,26). The minimum atomic E-state index is -0.0933. The normalized spacial score (nSPS) is 17.8. The molecule has 1 N–H and O–H groups in total. The van der Waals surface area contributed by atoms with Crippen LogP contribution in [0.2, 0.25) is 0 Å². The Balaban J connectivity index is 1.27. The summed E-state index contributed by atoms with van der Waals surface area (Å²) in [5.74, 6) is 2.41. The van der Waals surface area contributed by atoms with E-state index >= 15 is 0 Å². The zero-order valence-corrected chi connectivity index (χ0v) is 16.0. The summed E-state index contributed by atoms with van der Waals surface area (Å²) < 4.78 is 11.2. The Labute approximate surface area is 164 Å². The second-order valence-corrected chi connectivity index (χ2v) is 7.02. The fourth-order valence-electron chi connectivity index (χ4n) is 3.49. The summed E-state index contributed by atoms with van der Waals surface area (Å²) in [6.07, 6.45) is 5.15. The molecule has 28 heavy (non-hydrogen) atoms. The highest BCUT2D eigenvalue weighted by Crippen LogP contribution is 2.32. The molecule has 1 aromatic carbocycles. The number of rotatable bonds is 5. The van der Waals surface area contributed by atoms with Gasteiger partial charge in [0.25, 0.3) is 0 Å². The van der Waals surface area contributed by atoms with E-state index < -0.39 is 0 Å². The van der Waals surface area contributed by atoms with Gasteiger partial charge in [-0.15, -0.1) is 0 Å². The second-order valence-electron chi connectivity index (χ2n) is 7.02. The second kappa shape index (κ2) is 8.43. The van der Waals surface area contributed by atoms with E-state index in [0.29, 0.717) is 19.8 Å². The van der Waals surface area contributed by atoms with E-state index in [4.69, 9.17) is 9.47 Å². The van der Waals surface area contributed by atoms with Crippen molar-refractivity contribution < 1.29 is 14.3 Å². The van der Waals surface area contributed by atoms with Crippen LogP contribution in [0.4, 0.5) is 5.82 Å². The average molecular weight is 383 g/mol. The molecule has 1 fully saturated rings. The number of nitrogens with zero attached hydrogens (tertiary/aromatic N) is 4. The predicted octanol–water partition coefficient (Wildman–Crippen LogP) is 1.25. The van der Waals surface area contributed by atoms with E-state index in [-0.39, 0.29) is 11.9 Å². The van der Waals surface area contributed by atoms with Crippen molar-refractivity contribution in [1.29, 1.82) is 0 Å². The van der Waals surface area contributed by atoms with Crippen molar-refractivity contribution in [3.8, 4) is 11.5 Å². The van der Waals surface area contributed by atoms with Gasteiger partial charge in [0.15, 0.2) is 11.5 Å². The maximum Gasteiger partial charge on any atom is 0.234 e. The van der Waals surface area contributed by atoms with Gasteiger partial charge in [-0.1, -0.05) is 6.07 Å². The number of hydrogen-bond donors (Lipinski definition) is 1. The van der Waals surface area contributed by atoms with Gasteiger partial charge in [-0.3, -0.25) is 14.7 Å². The van der Waals surface area contributed by atoms with Crippen molar-refractivity contribution in [2.75, 3.05) is 50.8 Å². The van der Waals surface area contributed by atoms with Crippen molar-refractivity contribution in [3.05, 3.63) is 42.4 Å². The molecule has 148 valence electrons. The van der Waals surface area contributed by atoms with Crippen LogP contribution in [0.15, 0.2) is 36.8 Å². The first-order valence-electron chi connectivity index (χ1n) is 9.61. The minimum Gasteiger partial charge on any atom is -0.486 e. The van der Waals surface area contributed by atoms with Crippen molar-refractivity contribution in [1.82, 2.24) is 20.2 Å². The molecule has 2 aliphatic rings. The number of aromatic nitrogens is 2. The highest BCUT2D eigenvalue weighted by molar-refractivity contribution is 5.78. The number of fused-ring (bicyclic) bond motifs is 1. The molecule has 8 heteroatoms. The number of hydrogen-bond acceptors (Lipinski definition) is 7. The van der Waals surface area contributed by atoms with E-state index in [0.717, 1.165) is 49.1 Å². The highest BCUT2D eigenvalue weighted by atomic mass is 16.6. The molecule has 1 atom stereocenters. The van der Waals surface area contributed by atoms with Gasteiger partial charge in [-0.25, -0.2) is 4.98 Å². The van der Waals surface area contributed by atoms with Crippen LogP contribution in [0.1, 0.15) is 18.5 Å². The first kappa shape index (κ1) is 18.5. The summed E-state index contributed by atoms with van der Waals surface area (Å²) in [7, 11) is 0. The van der Waals surface area contributed by atoms with Crippen molar-refractivity contribution >= 4 is 11.7 Å². The minimum absolute atomic E-state index is 0.0235. The van der Waals surface area contributed by atoms with Gasteiger partial charge in [0.2, 0.25) is 5.91 Å². The molecule has 0 radical (unpaired) electrons. The molecular weight excluding hydrogens is 358 g/mol. The van der Waals surface area contributed by atoms with Gasteiger partial charge in [0, 0.05) is 38.6 Å². The van der Waals surface area contributed by atoms with E-state index in [9.17, 15) is 4.79 Å². The Morgan fingerprint density at radius 2 is 1.93 bits per heavy atom. The Hall–Kier alpha value is -2.87. The van der Waals surface area contributed by atoms with Gasteiger partial charge in [-0.2, -0.15) is 0 Å². The summed E-state index contributed by atoms with van der Waals surface area (Å²) in [4.78, 5) is 25.3. The Kier molecular flexibility index (Phi) is 5.57. The van der Waals surface area contributed by atoms with E-state index in [1.165, 1.54) is 0 Å². The number of carbonyl (C=O) groups is 1. The van der Waals surface area contributed by atoms with Crippen LogP contribution in [-0.2, 0) is 4.79 Å². The van der Waals surface area contributed by atoms with E-state index in [2.05, 4.69) is 25.1 Å². The topological polar surface area (TPSA) is 79.8 Å². The molecule has 8 nitrogen and oxygen atoms in total. The van der Waals surface area contributed by atoms with Crippen molar-refractivity contribution in [2.45, 2.75) is 13.0 Å². The maximum atomic E-state index is 12.5. The lowest BCUT2D eigenvalue weighted by atomic mass is 10.1. The SMILES string of the molecule is CC(NC(=O)CN1CCN(c2cnccn2)CC1)c1ccc2c(c1)OCCO2. The van der Waals surface area contributed by atoms with Crippen LogP contribution in [0, 0.1) is 0 Å². The van der Waals surface area contributed by atoms with Gasteiger partial charge >= 0.3 is 0 Å².